The molecule has 0 aliphatic heterocycles. The Balaban J connectivity index is 2.53. The van der Waals surface area contributed by atoms with Gasteiger partial charge in [0, 0.05) is 13.1 Å². The summed E-state index contributed by atoms with van der Waals surface area (Å²) < 4.78 is 26.9. The molecule has 0 aromatic carbocycles. The molecule has 4 nitrogen and oxygen atoms in total. The first-order chi connectivity index (χ1) is 8.39. The summed E-state index contributed by atoms with van der Waals surface area (Å²) in [7, 11) is 1.11. The van der Waals surface area contributed by atoms with E-state index in [0.717, 1.165) is 32.7 Å². The molecule has 1 saturated carbocycles. The summed E-state index contributed by atoms with van der Waals surface area (Å²) >= 11 is 0. The van der Waals surface area contributed by atoms with Crippen LogP contribution in [0, 0.1) is 5.92 Å². The number of hydrogen-bond acceptors (Lipinski definition) is 3. The summed E-state index contributed by atoms with van der Waals surface area (Å²) in [4.78, 5) is 11.0. The van der Waals surface area contributed by atoms with E-state index in [9.17, 15) is 18.7 Å². The molecule has 106 valence electrons. The van der Waals surface area contributed by atoms with E-state index in [0.29, 0.717) is 6.42 Å². The minimum atomic E-state index is -3.83. The highest BCUT2D eigenvalue weighted by Gasteiger charge is 2.48. The van der Waals surface area contributed by atoms with Gasteiger partial charge in [0.1, 0.15) is 6.10 Å². The fourth-order valence-corrected chi connectivity index (χ4v) is 2.51. The zero-order valence-electron chi connectivity index (χ0n) is 10.7. The molecule has 0 saturated heterocycles. The minimum Gasteiger partial charge on any atom is -0.385 e. The van der Waals surface area contributed by atoms with E-state index in [1.165, 1.54) is 6.42 Å². The fourth-order valence-electron chi connectivity index (χ4n) is 2.51. The lowest BCUT2D eigenvalue weighted by Crippen LogP contribution is -2.55. The van der Waals surface area contributed by atoms with Gasteiger partial charge >= 0.3 is 5.92 Å². The van der Waals surface area contributed by atoms with Gasteiger partial charge in [0.05, 0.1) is 0 Å². The van der Waals surface area contributed by atoms with Crippen LogP contribution in [-0.2, 0) is 4.79 Å². The summed E-state index contributed by atoms with van der Waals surface area (Å²) in [6.45, 7) is 0. The number of aliphatic hydroxyl groups is 1. The zero-order chi connectivity index (χ0) is 13.8. The van der Waals surface area contributed by atoms with E-state index in [-0.39, 0.29) is 5.92 Å². The second-order valence-corrected chi connectivity index (χ2v) is 5.05. The number of nitrogens with two attached hydrogens (primary N) is 1. The van der Waals surface area contributed by atoms with Gasteiger partial charge in [0.25, 0.3) is 5.91 Å². The smallest absolute Gasteiger partial charge is 0.351 e. The molecule has 1 fully saturated rings. The molecule has 4 N–H and O–H groups in total. The van der Waals surface area contributed by atoms with Gasteiger partial charge in [0.2, 0.25) is 0 Å². The van der Waals surface area contributed by atoms with Gasteiger partial charge in [-0.2, -0.15) is 8.78 Å². The maximum atomic E-state index is 13.5. The van der Waals surface area contributed by atoms with Crippen molar-refractivity contribution in [1.82, 2.24) is 5.32 Å². The lowest BCUT2D eigenvalue weighted by molar-refractivity contribution is -0.165. The molecule has 0 bridgehead atoms. The Morgan fingerprint density at radius 1 is 1.44 bits per heavy atom. The number of alkyl halides is 2. The molecule has 1 amide bonds. The van der Waals surface area contributed by atoms with Crippen LogP contribution in [0.15, 0.2) is 0 Å². The molecule has 0 spiro atoms. The summed E-state index contributed by atoms with van der Waals surface area (Å²) in [6, 6.07) is -1.07. The molecule has 2 atom stereocenters. The molecule has 0 heterocycles. The second kappa shape index (κ2) is 6.43. The number of nitrogens with one attached hydrogen (secondary N) is 1. The number of amides is 1. The van der Waals surface area contributed by atoms with Crippen molar-refractivity contribution in [1.29, 1.82) is 0 Å². The van der Waals surface area contributed by atoms with Crippen LogP contribution in [0.4, 0.5) is 8.78 Å². The van der Waals surface area contributed by atoms with E-state index in [1.54, 1.807) is 0 Å². The molecule has 0 radical (unpaired) electrons. The summed E-state index contributed by atoms with van der Waals surface area (Å²) in [5.41, 5.74) is 5.62. The Labute approximate surface area is 106 Å². The topological polar surface area (TPSA) is 75.3 Å². The van der Waals surface area contributed by atoms with Crippen molar-refractivity contribution >= 4 is 5.91 Å². The molecule has 1 aliphatic carbocycles. The van der Waals surface area contributed by atoms with Gasteiger partial charge in [0.15, 0.2) is 0 Å². The van der Waals surface area contributed by atoms with Crippen LogP contribution >= 0.6 is 0 Å². The molecular formula is C12H22F2N2O2. The average molecular weight is 264 g/mol. The molecule has 6 heteroatoms. The largest absolute Gasteiger partial charge is 0.385 e. The van der Waals surface area contributed by atoms with Crippen LogP contribution in [0.5, 0.6) is 0 Å². The number of carbonyl (C=O) groups excluding carboxylic acids is 1. The van der Waals surface area contributed by atoms with E-state index in [2.05, 4.69) is 0 Å². The maximum absolute atomic E-state index is 13.5. The number of carbonyl (C=O) groups is 1. The van der Waals surface area contributed by atoms with Gasteiger partial charge in [-0.15, -0.1) is 0 Å². The monoisotopic (exact) mass is 264 g/mol. The predicted octanol–water partition coefficient (Wildman–Crippen LogP) is 1.03. The first kappa shape index (κ1) is 15.3. The summed E-state index contributed by atoms with van der Waals surface area (Å²) in [5.74, 6) is -5.04. The van der Waals surface area contributed by atoms with Gasteiger partial charge in [-0.05, 0) is 12.3 Å². The highest BCUT2D eigenvalue weighted by atomic mass is 19.3. The lowest BCUT2D eigenvalue weighted by Gasteiger charge is -2.30. The van der Waals surface area contributed by atoms with Crippen molar-refractivity contribution in [3.63, 3.8) is 0 Å². The number of rotatable bonds is 5. The zero-order valence-corrected chi connectivity index (χ0v) is 10.7. The first-order valence-electron chi connectivity index (χ1n) is 6.43. The number of halogens is 2. The van der Waals surface area contributed by atoms with Crippen molar-refractivity contribution in [2.45, 2.75) is 56.6 Å². The normalized spacial score (nSPS) is 21.4. The van der Waals surface area contributed by atoms with Crippen molar-refractivity contribution in [2.75, 3.05) is 7.05 Å². The first-order valence-corrected chi connectivity index (χ1v) is 6.43. The van der Waals surface area contributed by atoms with Crippen molar-refractivity contribution in [2.24, 2.45) is 11.7 Å². The molecule has 1 aliphatic rings. The quantitative estimate of drug-likeness (QED) is 0.694. The third-order valence-corrected chi connectivity index (χ3v) is 3.64. The van der Waals surface area contributed by atoms with Gasteiger partial charge in [-0.3, -0.25) is 4.79 Å². The Bertz CT molecular complexity index is 281. The van der Waals surface area contributed by atoms with Crippen LogP contribution in [0.1, 0.15) is 38.5 Å². The van der Waals surface area contributed by atoms with E-state index in [4.69, 9.17) is 5.73 Å². The highest BCUT2D eigenvalue weighted by molar-refractivity contribution is 5.83. The van der Waals surface area contributed by atoms with E-state index < -0.39 is 24.0 Å². The molecule has 0 aromatic rings. The van der Waals surface area contributed by atoms with E-state index in [1.807, 2.05) is 5.32 Å². The van der Waals surface area contributed by atoms with Gasteiger partial charge < -0.3 is 16.2 Å². The third kappa shape index (κ3) is 3.62. The average Bonchev–Trinajstić information content (AvgIpc) is 2.37. The third-order valence-electron chi connectivity index (χ3n) is 3.64. The summed E-state index contributed by atoms with van der Waals surface area (Å²) in [6.07, 6.45) is 3.48. The van der Waals surface area contributed by atoms with Gasteiger partial charge in [-0.25, -0.2) is 0 Å². The predicted molar refractivity (Wildman–Crippen MR) is 64.2 cm³/mol. The van der Waals surface area contributed by atoms with Crippen LogP contribution < -0.4 is 11.1 Å². The number of hydrogen-bond donors (Lipinski definition) is 3. The van der Waals surface area contributed by atoms with Crippen LogP contribution in [0.2, 0.25) is 0 Å². The molecule has 18 heavy (non-hydrogen) atoms. The Morgan fingerprint density at radius 2 is 2.00 bits per heavy atom. The van der Waals surface area contributed by atoms with Gasteiger partial charge in [-0.1, -0.05) is 32.1 Å². The number of aliphatic hydroxyl groups excluding tert-OH is 1. The van der Waals surface area contributed by atoms with Crippen LogP contribution in [0.3, 0.4) is 0 Å². The molecule has 1 rings (SSSR count). The second-order valence-electron chi connectivity index (χ2n) is 5.05. The lowest BCUT2D eigenvalue weighted by atomic mass is 9.83. The minimum absolute atomic E-state index is 0.281. The standard InChI is InChI=1S/C12H22F2N2O2/c1-16-11(18)12(13,14)10(17)9(15)7-8-5-3-2-4-6-8/h8-10,17H,2-7,15H2,1H3,(H,16,18). The van der Waals surface area contributed by atoms with E-state index >= 15 is 0 Å². The Hall–Kier alpha value is -0.750. The Morgan fingerprint density at radius 3 is 2.50 bits per heavy atom. The molecular weight excluding hydrogens is 242 g/mol. The highest BCUT2D eigenvalue weighted by Crippen LogP contribution is 2.30. The van der Waals surface area contributed by atoms with Crippen LogP contribution in [-0.4, -0.2) is 36.1 Å². The Kier molecular flexibility index (Phi) is 5.47. The fraction of sp³-hybridized carbons (Fsp3) is 0.917. The maximum Gasteiger partial charge on any atom is 0.351 e. The van der Waals surface area contributed by atoms with Crippen molar-refractivity contribution in [3.05, 3.63) is 0 Å². The van der Waals surface area contributed by atoms with Crippen molar-refractivity contribution in [3.8, 4) is 0 Å². The summed E-state index contributed by atoms with van der Waals surface area (Å²) in [5, 5.41) is 11.4. The van der Waals surface area contributed by atoms with Crippen LogP contribution in [0.25, 0.3) is 0 Å². The SMILES string of the molecule is CNC(=O)C(F)(F)C(O)C(N)CC1CCCCC1. The molecule has 2 unspecified atom stereocenters. The van der Waals surface area contributed by atoms with Crippen molar-refractivity contribution < 1.29 is 18.7 Å². The molecule has 0 aromatic heterocycles.